The van der Waals surface area contributed by atoms with Crippen molar-refractivity contribution in [3.8, 4) is 5.75 Å². The fourth-order valence-corrected chi connectivity index (χ4v) is 3.86. The zero-order valence-electron chi connectivity index (χ0n) is 14.3. The van der Waals surface area contributed by atoms with Gasteiger partial charge in [-0.2, -0.15) is 0 Å². The molecule has 5 rings (SSSR count). The van der Waals surface area contributed by atoms with Gasteiger partial charge in [0.25, 0.3) is 0 Å². The molecular formula is C18H22N4O3. The number of nitrogens with zero attached hydrogens (tertiary/aromatic N) is 4. The maximum Gasteiger partial charge on any atom is 0.227 e. The fraction of sp³-hybridized carbons (Fsp3) is 0.500. The molecule has 3 saturated heterocycles. The third kappa shape index (κ3) is 3.37. The topological polar surface area (TPSA) is 71.7 Å². The van der Waals surface area contributed by atoms with Gasteiger partial charge in [-0.05, 0) is 24.8 Å². The summed E-state index contributed by atoms with van der Waals surface area (Å²) in [6.45, 7) is 3.53. The van der Waals surface area contributed by atoms with Crippen LogP contribution in [0, 0.1) is 5.92 Å². The zero-order chi connectivity index (χ0) is 17.2. The Morgan fingerprint density at radius 1 is 1.24 bits per heavy atom. The van der Waals surface area contributed by atoms with Gasteiger partial charge in [0.15, 0.2) is 0 Å². The highest BCUT2D eigenvalue weighted by Gasteiger charge is 2.35. The van der Waals surface area contributed by atoms with Gasteiger partial charge in [0, 0.05) is 44.1 Å². The van der Waals surface area contributed by atoms with E-state index in [2.05, 4.69) is 19.8 Å². The van der Waals surface area contributed by atoms with Crippen LogP contribution in [0.15, 0.2) is 40.0 Å². The number of fused-ring (bicyclic) bond motifs is 4. The average molecular weight is 342 g/mol. The molecule has 3 fully saturated rings. The highest BCUT2D eigenvalue weighted by atomic mass is 16.5. The van der Waals surface area contributed by atoms with E-state index in [-0.39, 0.29) is 11.2 Å². The zero-order valence-corrected chi connectivity index (χ0v) is 14.3. The summed E-state index contributed by atoms with van der Waals surface area (Å²) >= 11 is 0. The fourth-order valence-electron chi connectivity index (χ4n) is 3.86. The van der Waals surface area contributed by atoms with Crippen LogP contribution < -0.4 is 15.1 Å². The van der Waals surface area contributed by atoms with Crippen molar-refractivity contribution in [2.75, 3.05) is 31.6 Å². The first-order valence-corrected chi connectivity index (χ1v) is 8.64. The standard InChI is InChI=1S/C18H22N4O3/c1-24-17-12-25-15(7-16(17)23)11-21-8-13-3-4-14(21)10-22(9-13)18-19-5-2-6-20-18/h2,5-7,12-14H,3-4,8-11H2,1H3/t13-,14-/m1/s1. The number of hydrogen-bond acceptors (Lipinski definition) is 7. The van der Waals surface area contributed by atoms with Crippen LogP contribution in [0.5, 0.6) is 5.75 Å². The van der Waals surface area contributed by atoms with Gasteiger partial charge >= 0.3 is 0 Å². The molecule has 5 heterocycles. The number of methoxy groups -OCH3 is 1. The van der Waals surface area contributed by atoms with Crippen molar-refractivity contribution in [1.29, 1.82) is 0 Å². The first kappa shape index (κ1) is 16.1. The lowest BCUT2D eigenvalue weighted by Crippen LogP contribution is -2.43. The van der Waals surface area contributed by atoms with Crippen molar-refractivity contribution in [3.05, 3.63) is 46.8 Å². The second-order valence-corrected chi connectivity index (χ2v) is 6.76. The Labute approximate surface area is 146 Å². The van der Waals surface area contributed by atoms with Crippen molar-refractivity contribution in [2.45, 2.75) is 25.4 Å². The van der Waals surface area contributed by atoms with E-state index in [4.69, 9.17) is 9.15 Å². The molecule has 0 aromatic carbocycles. The van der Waals surface area contributed by atoms with Gasteiger partial charge in [-0.1, -0.05) is 0 Å². The van der Waals surface area contributed by atoms with E-state index in [1.54, 1.807) is 12.4 Å². The Hall–Kier alpha value is -2.41. The minimum Gasteiger partial charge on any atom is -0.490 e. The van der Waals surface area contributed by atoms with Crippen molar-refractivity contribution in [3.63, 3.8) is 0 Å². The number of rotatable bonds is 4. The smallest absolute Gasteiger partial charge is 0.227 e. The minimum absolute atomic E-state index is 0.136. The SMILES string of the molecule is COc1coc(CN2C[C@H]3CC[C@@H]2CN(c2ncccn2)C3)cc1=O. The molecule has 0 radical (unpaired) electrons. The molecule has 3 aliphatic heterocycles. The molecule has 25 heavy (non-hydrogen) atoms. The van der Waals surface area contributed by atoms with Gasteiger partial charge in [-0.3, -0.25) is 9.69 Å². The first-order valence-electron chi connectivity index (χ1n) is 8.64. The van der Waals surface area contributed by atoms with Crippen LogP contribution in [0.1, 0.15) is 18.6 Å². The van der Waals surface area contributed by atoms with Crippen LogP contribution in [0.25, 0.3) is 0 Å². The molecule has 132 valence electrons. The number of piperidine rings is 1. The molecule has 2 bridgehead atoms. The van der Waals surface area contributed by atoms with E-state index in [9.17, 15) is 4.79 Å². The van der Waals surface area contributed by atoms with Gasteiger partial charge in [0.05, 0.1) is 13.7 Å². The van der Waals surface area contributed by atoms with Crippen LogP contribution in [-0.2, 0) is 6.54 Å². The Morgan fingerprint density at radius 2 is 2.08 bits per heavy atom. The van der Waals surface area contributed by atoms with Crippen LogP contribution in [0.4, 0.5) is 5.95 Å². The van der Waals surface area contributed by atoms with Crippen molar-refractivity contribution >= 4 is 5.95 Å². The molecule has 7 nitrogen and oxygen atoms in total. The second-order valence-electron chi connectivity index (χ2n) is 6.76. The van der Waals surface area contributed by atoms with Crippen LogP contribution in [0.2, 0.25) is 0 Å². The highest BCUT2D eigenvalue weighted by molar-refractivity contribution is 5.30. The summed E-state index contributed by atoms with van der Waals surface area (Å²) < 4.78 is 10.6. The molecule has 0 aliphatic carbocycles. The maximum absolute atomic E-state index is 11.9. The quantitative estimate of drug-likeness (QED) is 0.834. The third-order valence-corrected chi connectivity index (χ3v) is 5.09. The Morgan fingerprint density at radius 3 is 2.84 bits per heavy atom. The predicted molar refractivity (Wildman–Crippen MR) is 92.7 cm³/mol. The molecule has 7 heteroatoms. The van der Waals surface area contributed by atoms with E-state index < -0.39 is 0 Å². The van der Waals surface area contributed by atoms with Crippen LogP contribution >= 0.6 is 0 Å². The normalized spacial score (nSPS) is 23.5. The second kappa shape index (κ2) is 6.84. The van der Waals surface area contributed by atoms with E-state index in [0.717, 1.165) is 32.0 Å². The summed E-state index contributed by atoms with van der Waals surface area (Å²) in [4.78, 5) is 25.5. The highest BCUT2D eigenvalue weighted by Crippen LogP contribution is 2.30. The molecular weight excluding hydrogens is 320 g/mol. The lowest BCUT2D eigenvalue weighted by molar-refractivity contribution is 0.116. The monoisotopic (exact) mass is 342 g/mol. The van der Waals surface area contributed by atoms with Gasteiger partial charge in [0.1, 0.15) is 12.0 Å². The summed E-state index contributed by atoms with van der Waals surface area (Å²) in [6, 6.07) is 3.79. The Balaban J connectivity index is 1.51. The molecule has 0 unspecified atom stereocenters. The summed E-state index contributed by atoms with van der Waals surface area (Å²) in [6.07, 6.45) is 7.35. The minimum atomic E-state index is -0.136. The number of ether oxygens (including phenoxy) is 1. The summed E-state index contributed by atoms with van der Waals surface area (Å²) in [5, 5.41) is 0. The first-order chi connectivity index (χ1) is 12.2. The molecule has 0 amide bonds. The molecule has 0 N–H and O–H groups in total. The van der Waals surface area contributed by atoms with E-state index in [0.29, 0.717) is 24.3 Å². The average Bonchev–Trinajstić information content (AvgIpc) is 2.95. The summed E-state index contributed by atoms with van der Waals surface area (Å²) in [5.41, 5.74) is -0.136. The largest absolute Gasteiger partial charge is 0.490 e. The number of anilines is 1. The molecule has 3 aliphatic rings. The van der Waals surface area contributed by atoms with Gasteiger partial charge < -0.3 is 14.1 Å². The summed E-state index contributed by atoms with van der Waals surface area (Å²) in [5.74, 6) is 2.30. The van der Waals surface area contributed by atoms with E-state index in [1.807, 2.05) is 6.07 Å². The van der Waals surface area contributed by atoms with E-state index in [1.165, 1.54) is 25.9 Å². The molecule has 2 aromatic heterocycles. The lowest BCUT2D eigenvalue weighted by Gasteiger charge is -2.35. The molecule has 2 aromatic rings. The molecule has 2 atom stereocenters. The van der Waals surface area contributed by atoms with Crippen LogP contribution in [-0.4, -0.2) is 47.7 Å². The lowest BCUT2D eigenvalue weighted by atomic mass is 9.95. The van der Waals surface area contributed by atoms with E-state index >= 15 is 0 Å². The van der Waals surface area contributed by atoms with Gasteiger partial charge in [0.2, 0.25) is 17.1 Å². The van der Waals surface area contributed by atoms with Crippen molar-refractivity contribution < 1.29 is 9.15 Å². The number of hydrogen-bond donors (Lipinski definition) is 0. The predicted octanol–water partition coefficient (Wildman–Crippen LogP) is 1.54. The Bertz CT molecular complexity index is 779. The van der Waals surface area contributed by atoms with Gasteiger partial charge in [-0.15, -0.1) is 0 Å². The third-order valence-electron chi connectivity index (χ3n) is 5.09. The maximum atomic E-state index is 11.9. The molecule has 0 spiro atoms. The molecule has 0 saturated carbocycles. The van der Waals surface area contributed by atoms with Crippen LogP contribution in [0.3, 0.4) is 0 Å². The summed E-state index contributed by atoms with van der Waals surface area (Å²) in [7, 11) is 1.47. The van der Waals surface area contributed by atoms with Gasteiger partial charge in [-0.25, -0.2) is 9.97 Å². The number of aromatic nitrogens is 2. The van der Waals surface area contributed by atoms with Crippen molar-refractivity contribution in [1.82, 2.24) is 14.9 Å². The van der Waals surface area contributed by atoms with Crippen molar-refractivity contribution in [2.24, 2.45) is 5.92 Å². The Kier molecular flexibility index (Phi) is 4.40.